The lowest BCUT2D eigenvalue weighted by Gasteiger charge is -2.24. The van der Waals surface area contributed by atoms with E-state index in [2.05, 4.69) is 43.1 Å². The predicted molar refractivity (Wildman–Crippen MR) is 147 cm³/mol. The van der Waals surface area contributed by atoms with Crippen molar-refractivity contribution < 1.29 is 4.79 Å². The van der Waals surface area contributed by atoms with Crippen LogP contribution in [0.2, 0.25) is 0 Å². The molecule has 9 heteroatoms. The SMILES string of the molecule is C=CN=C(NC(=O)N(Cc1cc(C)cc(Br)c1)c1cncc(C)c1)Nc1cc(C=N)c(N)cc1C. The van der Waals surface area contributed by atoms with Gasteiger partial charge in [-0.2, -0.15) is 0 Å². The molecule has 0 spiro atoms. The Bertz CT molecular complexity index is 1280. The van der Waals surface area contributed by atoms with Gasteiger partial charge in [-0.05, 0) is 73.4 Å². The Kier molecular flexibility index (Phi) is 8.38. The lowest BCUT2D eigenvalue weighted by molar-refractivity contribution is 0.250. The number of carbonyl (C=O) groups is 1. The van der Waals surface area contributed by atoms with E-state index < -0.39 is 6.03 Å². The van der Waals surface area contributed by atoms with Crippen LogP contribution in [0.4, 0.5) is 21.9 Å². The van der Waals surface area contributed by atoms with Crippen molar-refractivity contribution in [3.05, 3.63) is 93.9 Å². The zero-order chi connectivity index (χ0) is 25.5. The molecule has 2 aromatic carbocycles. The lowest BCUT2D eigenvalue weighted by Crippen LogP contribution is -2.45. The zero-order valence-corrected chi connectivity index (χ0v) is 21.5. The summed E-state index contributed by atoms with van der Waals surface area (Å²) in [6.45, 7) is 9.78. The number of aromatic nitrogens is 1. The molecule has 0 unspecified atom stereocenters. The molecule has 0 radical (unpaired) electrons. The maximum absolute atomic E-state index is 13.5. The van der Waals surface area contributed by atoms with Crippen LogP contribution in [0, 0.1) is 26.2 Å². The van der Waals surface area contributed by atoms with Crippen molar-refractivity contribution in [3.63, 3.8) is 0 Å². The number of aryl methyl sites for hydroxylation is 3. The summed E-state index contributed by atoms with van der Waals surface area (Å²) in [6.07, 6.45) is 5.90. The van der Waals surface area contributed by atoms with Gasteiger partial charge in [0.25, 0.3) is 0 Å². The van der Waals surface area contributed by atoms with Crippen LogP contribution in [0.5, 0.6) is 0 Å². The van der Waals surface area contributed by atoms with Crippen molar-refractivity contribution >= 4 is 51.2 Å². The van der Waals surface area contributed by atoms with Gasteiger partial charge < -0.3 is 16.5 Å². The van der Waals surface area contributed by atoms with E-state index in [0.29, 0.717) is 29.2 Å². The summed E-state index contributed by atoms with van der Waals surface area (Å²) in [4.78, 5) is 23.6. The number of nitrogens with one attached hydrogen (secondary N) is 3. The number of aliphatic imine (C=N–C) groups is 1. The van der Waals surface area contributed by atoms with Crippen LogP contribution >= 0.6 is 15.9 Å². The van der Waals surface area contributed by atoms with E-state index in [0.717, 1.165) is 26.7 Å². The van der Waals surface area contributed by atoms with Gasteiger partial charge in [0.15, 0.2) is 0 Å². The fourth-order valence-corrected chi connectivity index (χ4v) is 4.20. The standard InChI is InChI=1S/C26H28BrN7O/c1-5-31-25(32-24-11-20(12-28)23(29)9-18(24)4)33-26(35)34(22-8-17(3)13-30-14-22)15-19-6-16(2)7-21(27)10-19/h5-14,28H,1,15,29H2,2-4H3,(H2,31,32,33,35). The Hall–Kier alpha value is -3.98. The van der Waals surface area contributed by atoms with Crippen molar-refractivity contribution in [1.82, 2.24) is 10.3 Å². The summed E-state index contributed by atoms with van der Waals surface area (Å²) in [5.74, 6) is 0.185. The molecule has 0 atom stereocenters. The first-order valence-corrected chi connectivity index (χ1v) is 11.6. The fraction of sp³-hybridized carbons (Fsp3) is 0.154. The van der Waals surface area contributed by atoms with Gasteiger partial charge in [-0.15, -0.1) is 0 Å². The average Bonchev–Trinajstić information content (AvgIpc) is 2.78. The Morgan fingerprint density at radius 1 is 1.17 bits per heavy atom. The van der Waals surface area contributed by atoms with Crippen LogP contribution < -0.4 is 21.3 Å². The Labute approximate surface area is 213 Å². The number of amides is 2. The molecule has 0 aliphatic rings. The topological polar surface area (TPSA) is 119 Å². The lowest BCUT2D eigenvalue weighted by atomic mass is 10.1. The molecule has 2 amide bonds. The molecule has 1 aromatic heterocycles. The molecule has 0 saturated heterocycles. The van der Waals surface area contributed by atoms with Gasteiger partial charge >= 0.3 is 6.03 Å². The molecule has 3 aromatic rings. The number of guanidine groups is 1. The normalized spacial score (nSPS) is 11.0. The number of pyridine rings is 1. The Morgan fingerprint density at radius 3 is 2.60 bits per heavy atom. The number of anilines is 3. The number of carbonyl (C=O) groups excluding carboxylic acids is 1. The van der Waals surface area contributed by atoms with Gasteiger partial charge in [-0.25, -0.2) is 9.79 Å². The van der Waals surface area contributed by atoms with Crippen LogP contribution in [-0.2, 0) is 6.54 Å². The summed E-state index contributed by atoms with van der Waals surface area (Å²) in [5.41, 5.74) is 12.1. The number of urea groups is 1. The van der Waals surface area contributed by atoms with Crippen molar-refractivity contribution in [3.8, 4) is 0 Å². The minimum absolute atomic E-state index is 0.185. The highest BCUT2D eigenvalue weighted by molar-refractivity contribution is 9.10. The molecule has 0 saturated carbocycles. The molecule has 0 aliphatic carbocycles. The first-order valence-electron chi connectivity index (χ1n) is 10.8. The average molecular weight is 534 g/mol. The molecule has 5 N–H and O–H groups in total. The third kappa shape index (κ3) is 6.77. The molecule has 35 heavy (non-hydrogen) atoms. The molecular formula is C26H28BrN7O. The van der Waals surface area contributed by atoms with E-state index in [-0.39, 0.29) is 5.96 Å². The number of benzene rings is 2. The van der Waals surface area contributed by atoms with Gasteiger partial charge in [0.05, 0.1) is 18.4 Å². The smallest absolute Gasteiger partial charge is 0.329 e. The number of nitrogens with zero attached hydrogens (tertiary/aromatic N) is 3. The summed E-state index contributed by atoms with van der Waals surface area (Å²) < 4.78 is 0.937. The van der Waals surface area contributed by atoms with Gasteiger partial charge in [-0.1, -0.05) is 28.6 Å². The highest BCUT2D eigenvalue weighted by atomic mass is 79.9. The van der Waals surface area contributed by atoms with Crippen molar-refractivity contribution in [2.45, 2.75) is 27.3 Å². The van der Waals surface area contributed by atoms with Crippen LogP contribution in [0.3, 0.4) is 0 Å². The number of nitrogens with two attached hydrogens (primary N) is 1. The van der Waals surface area contributed by atoms with Crippen LogP contribution in [0.25, 0.3) is 0 Å². The maximum atomic E-state index is 13.5. The number of nitrogen functional groups attached to an aromatic ring is 1. The first-order chi connectivity index (χ1) is 16.7. The molecule has 1 heterocycles. The second kappa shape index (κ2) is 11.4. The molecule has 0 aliphatic heterocycles. The molecule has 8 nitrogen and oxygen atoms in total. The molecular weight excluding hydrogens is 506 g/mol. The number of hydrogen-bond acceptors (Lipinski definition) is 5. The summed E-state index contributed by atoms with van der Waals surface area (Å²) in [6, 6.07) is 11.0. The molecule has 0 fully saturated rings. The van der Waals surface area contributed by atoms with E-state index in [4.69, 9.17) is 11.1 Å². The maximum Gasteiger partial charge on any atom is 0.329 e. The second-order valence-corrected chi connectivity index (χ2v) is 9.01. The molecule has 0 bridgehead atoms. The summed E-state index contributed by atoms with van der Waals surface area (Å²) in [7, 11) is 0. The van der Waals surface area contributed by atoms with Gasteiger partial charge in [-0.3, -0.25) is 15.2 Å². The summed E-state index contributed by atoms with van der Waals surface area (Å²) >= 11 is 3.53. The molecule has 180 valence electrons. The fourth-order valence-electron chi connectivity index (χ4n) is 3.54. The highest BCUT2D eigenvalue weighted by Gasteiger charge is 2.20. The van der Waals surface area contributed by atoms with Crippen LogP contribution in [0.15, 0.2) is 71.0 Å². The monoisotopic (exact) mass is 533 g/mol. The largest absolute Gasteiger partial charge is 0.398 e. The zero-order valence-electron chi connectivity index (χ0n) is 19.9. The minimum atomic E-state index is -0.400. The third-order valence-corrected chi connectivity index (χ3v) is 5.60. The van der Waals surface area contributed by atoms with E-state index in [1.807, 2.05) is 45.0 Å². The van der Waals surface area contributed by atoms with Gasteiger partial charge in [0.1, 0.15) is 0 Å². The van der Waals surface area contributed by atoms with E-state index >= 15 is 0 Å². The number of rotatable bonds is 6. The third-order valence-electron chi connectivity index (χ3n) is 5.14. The van der Waals surface area contributed by atoms with E-state index in [1.165, 1.54) is 12.4 Å². The van der Waals surface area contributed by atoms with Crippen LogP contribution in [0.1, 0.15) is 27.8 Å². The Balaban J connectivity index is 1.93. The van der Waals surface area contributed by atoms with Crippen LogP contribution in [-0.4, -0.2) is 23.2 Å². The predicted octanol–water partition coefficient (Wildman–Crippen LogP) is 5.68. The van der Waals surface area contributed by atoms with Gasteiger partial charge in [0.2, 0.25) is 5.96 Å². The quantitative estimate of drug-likeness (QED) is 0.185. The van der Waals surface area contributed by atoms with E-state index in [1.54, 1.807) is 29.4 Å². The Morgan fingerprint density at radius 2 is 1.94 bits per heavy atom. The highest BCUT2D eigenvalue weighted by Crippen LogP contribution is 2.23. The number of halogens is 1. The van der Waals surface area contributed by atoms with Crippen molar-refractivity contribution in [1.29, 1.82) is 5.41 Å². The second-order valence-electron chi connectivity index (χ2n) is 8.10. The number of hydrogen-bond donors (Lipinski definition) is 4. The first kappa shape index (κ1) is 25.6. The molecule has 3 rings (SSSR count). The van der Waals surface area contributed by atoms with E-state index in [9.17, 15) is 4.79 Å². The van der Waals surface area contributed by atoms with Gasteiger partial charge in [0, 0.05) is 40.0 Å². The van der Waals surface area contributed by atoms with Crippen molar-refractivity contribution in [2.75, 3.05) is 16.0 Å². The van der Waals surface area contributed by atoms with Crippen molar-refractivity contribution in [2.24, 2.45) is 4.99 Å². The summed E-state index contributed by atoms with van der Waals surface area (Å²) in [5, 5.41) is 13.5. The minimum Gasteiger partial charge on any atom is -0.398 e.